The van der Waals surface area contributed by atoms with Crippen molar-refractivity contribution in [2.45, 2.75) is 40.3 Å². The molecule has 7 nitrogen and oxygen atoms in total. The summed E-state index contributed by atoms with van der Waals surface area (Å²) in [5.41, 5.74) is 2.22. The molecule has 1 aromatic heterocycles. The van der Waals surface area contributed by atoms with Gasteiger partial charge in [0.1, 0.15) is 0 Å². The van der Waals surface area contributed by atoms with Crippen molar-refractivity contribution in [3.8, 4) is 0 Å². The zero-order valence-corrected chi connectivity index (χ0v) is 13.3. The topological polar surface area (TPSA) is 80.6 Å². The van der Waals surface area contributed by atoms with E-state index in [1.165, 1.54) is 6.92 Å². The Bertz CT molecular complexity index is 621. The van der Waals surface area contributed by atoms with Gasteiger partial charge in [-0.2, -0.15) is 0 Å². The molecule has 1 aliphatic heterocycles. The van der Waals surface area contributed by atoms with Gasteiger partial charge in [0.2, 0.25) is 0 Å². The quantitative estimate of drug-likeness (QED) is 0.848. The maximum atomic E-state index is 12.3. The second-order valence-electron chi connectivity index (χ2n) is 5.30. The van der Waals surface area contributed by atoms with Gasteiger partial charge in [0.15, 0.2) is 6.10 Å². The fourth-order valence-corrected chi connectivity index (χ4v) is 2.67. The molecule has 2 heterocycles. The Morgan fingerprint density at radius 2 is 2.09 bits per heavy atom. The standard InChI is InChI=1S/C15H21N3O4/c1-5-17-9(2)8-12(10(17)3)14(20)22-11(4)13(19)18-7-6-16-15(18)21/h8,11H,5-7H2,1-4H3,(H,16,21)/t11-/m0/s1. The number of nitrogens with one attached hydrogen (secondary N) is 1. The molecule has 1 atom stereocenters. The molecule has 0 radical (unpaired) electrons. The van der Waals surface area contributed by atoms with Crippen LogP contribution in [0.15, 0.2) is 6.07 Å². The number of carbonyl (C=O) groups excluding carboxylic acids is 3. The number of aryl methyl sites for hydroxylation is 1. The number of urea groups is 1. The predicted molar refractivity (Wildman–Crippen MR) is 79.6 cm³/mol. The third-order valence-corrected chi connectivity index (χ3v) is 3.86. The van der Waals surface area contributed by atoms with E-state index in [1.54, 1.807) is 6.07 Å². The molecule has 22 heavy (non-hydrogen) atoms. The molecule has 3 amide bonds. The first kappa shape index (κ1) is 16.1. The number of hydrogen-bond acceptors (Lipinski definition) is 4. The van der Waals surface area contributed by atoms with Crippen LogP contribution in [0, 0.1) is 13.8 Å². The summed E-state index contributed by atoms with van der Waals surface area (Å²) in [6, 6.07) is 1.30. The highest BCUT2D eigenvalue weighted by Gasteiger charge is 2.32. The lowest BCUT2D eigenvalue weighted by Crippen LogP contribution is -2.41. The smallest absolute Gasteiger partial charge is 0.340 e. The molecule has 0 aliphatic carbocycles. The summed E-state index contributed by atoms with van der Waals surface area (Å²) in [7, 11) is 0. The van der Waals surface area contributed by atoms with Crippen LogP contribution in [-0.2, 0) is 16.1 Å². The highest BCUT2D eigenvalue weighted by atomic mass is 16.5. The summed E-state index contributed by atoms with van der Waals surface area (Å²) in [5.74, 6) is -1.05. The Morgan fingerprint density at radius 3 is 2.59 bits per heavy atom. The number of hydrogen-bond donors (Lipinski definition) is 1. The summed E-state index contributed by atoms with van der Waals surface area (Å²) in [5, 5.41) is 2.54. The van der Waals surface area contributed by atoms with Crippen molar-refractivity contribution < 1.29 is 19.1 Å². The Labute approximate surface area is 129 Å². The number of carbonyl (C=O) groups is 3. The Hall–Kier alpha value is -2.31. The molecule has 0 spiro atoms. The first-order valence-corrected chi connectivity index (χ1v) is 7.33. The second kappa shape index (κ2) is 6.21. The lowest BCUT2D eigenvalue weighted by Gasteiger charge is -2.18. The van der Waals surface area contributed by atoms with E-state index in [4.69, 9.17) is 4.74 Å². The van der Waals surface area contributed by atoms with Crippen LogP contribution in [0.3, 0.4) is 0 Å². The van der Waals surface area contributed by atoms with Gasteiger partial charge in [-0.05, 0) is 33.8 Å². The third-order valence-electron chi connectivity index (χ3n) is 3.86. The normalized spacial score (nSPS) is 15.6. The van der Waals surface area contributed by atoms with E-state index < -0.39 is 24.0 Å². The molecule has 7 heteroatoms. The van der Waals surface area contributed by atoms with Gasteiger partial charge in [0.05, 0.1) is 5.56 Å². The fourth-order valence-electron chi connectivity index (χ4n) is 2.67. The van der Waals surface area contributed by atoms with Gasteiger partial charge < -0.3 is 14.6 Å². The van der Waals surface area contributed by atoms with Gasteiger partial charge >= 0.3 is 12.0 Å². The lowest BCUT2D eigenvalue weighted by molar-refractivity contribution is -0.136. The molecule has 1 N–H and O–H groups in total. The SMILES string of the molecule is CCn1c(C)cc(C(=O)O[C@@H](C)C(=O)N2CCNC2=O)c1C. The van der Waals surface area contributed by atoms with Gasteiger partial charge in [-0.3, -0.25) is 9.69 Å². The summed E-state index contributed by atoms with van der Waals surface area (Å²) >= 11 is 0. The molecule has 0 unspecified atom stereocenters. The van der Waals surface area contributed by atoms with E-state index in [0.29, 0.717) is 18.7 Å². The number of imide groups is 1. The van der Waals surface area contributed by atoms with E-state index in [2.05, 4.69) is 5.32 Å². The summed E-state index contributed by atoms with van der Waals surface area (Å²) in [6.07, 6.45) is -0.999. The van der Waals surface area contributed by atoms with E-state index in [9.17, 15) is 14.4 Å². The van der Waals surface area contributed by atoms with Crippen molar-refractivity contribution in [2.24, 2.45) is 0 Å². The van der Waals surface area contributed by atoms with Gasteiger partial charge in [0, 0.05) is 31.0 Å². The largest absolute Gasteiger partial charge is 0.449 e. The van der Waals surface area contributed by atoms with Crippen LogP contribution in [0.5, 0.6) is 0 Å². The summed E-state index contributed by atoms with van der Waals surface area (Å²) < 4.78 is 7.23. The molecule has 0 bridgehead atoms. The van der Waals surface area contributed by atoms with E-state index in [0.717, 1.165) is 22.8 Å². The molecule has 0 aromatic carbocycles. The minimum atomic E-state index is -0.999. The van der Waals surface area contributed by atoms with Gasteiger partial charge in [-0.25, -0.2) is 9.59 Å². The zero-order valence-electron chi connectivity index (χ0n) is 13.3. The Morgan fingerprint density at radius 1 is 1.41 bits per heavy atom. The minimum absolute atomic E-state index is 0.296. The molecule has 1 saturated heterocycles. The molecule has 120 valence electrons. The van der Waals surface area contributed by atoms with Gasteiger partial charge in [-0.1, -0.05) is 0 Å². The summed E-state index contributed by atoms with van der Waals surface area (Å²) in [4.78, 5) is 36.9. The van der Waals surface area contributed by atoms with Crippen molar-refractivity contribution in [3.63, 3.8) is 0 Å². The van der Waals surface area contributed by atoms with Crippen molar-refractivity contribution in [1.29, 1.82) is 0 Å². The Kier molecular flexibility index (Phi) is 4.54. The third kappa shape index (κ3) is 2.84. The molecule has 1 fully saturated rings. The second-order valence-corrected chi connectivity index (χ2v) is 5.30. The Balaban J connectivity index is 2.08. The number of rotatable bonds is 4. The highest BCUT2D eigenvalue weighted by Crippen LogP contribution is 2.17. The van der Waals surface area contributed by atoms with Crippen LogP contribution in [0.25, 0.3) is 0 Å². The molecule has 1 aliphatic rings. The predicted octanol–water partition coefficient (Wildman–Crippen LogP) is 1.22. The number of esters is 1. The van der Waals surface area contributed by atoms with Crippen LogP contribution in [-0.4, -0.2) is 46.6 Å². The van der Waals surface area contributed by atoms with Crippen molar-refractivity contribution in [3.05, 3.63) is 23.0 Å². The lowest BCUT2D eigenvalue weighted by atomic mass is 10.2. The van der Waals surface area contributed by atoms with Crippen LogP contribution in [0.1, 0.15) is 35.6 Å². The number of nitrogens with zero attached hydrogens (tertiary/aromatic N) is 2. The molecule has 0 saturated carbocycles. The van der Waals surface area contributed by atoms with Gasteiger partial charge in [-0.15, -0.1) is 0 Å². The van der Waals surface area contributed by atoms with Crippen molar-refractivity contribution >= 4 is 17.9 Å². The molecular formula is C15H21N3O4. The average Bonchev–Trinajstić information content (AvgIpc) is 3.01. The first-order valence-electron chi connectivity index (χ1n) is 7.33. The van der Waals surface area contributed by atoms with E-state index >= 15 is 0 Å². The number of ether oxygens (including phenoxy) is 1. The maximum Gasteiger partial charge on any atom is 0.340 e. The van der Waals surface area contributed by atoms with Crippen LogP contribution in [0.2, 0.25) is 0 Å². The van der Waals surface area contributed by atoms with Crippen LogP contribution in [0.4, 0.5) is 4.79 Å². The number of aromatic nitrogens is 1. The van der Waals surface area contributed by atoms with Crippen LogP contribution >= 0.6 is 0 Å². The first-order chi connectivity index (χ1) is 10.4. The summed E-state index contributed by atoms with van der Waals surface area (Å²) in [6.45, 7) is 8.70. The van der Waals surface area contributed by atoms with Crippen molar-refractivity contribution in [1.82, 2.24) is 14.8 Å². The molecular weight excluding hydrogens is 286 g/mol. The highest BCUT2D eigenvalue weighted by molar-refractivity contribution is 5.99. The van der Waals surface area contributed by atoms with E-state index in [1.807, 2.05) is 25.3 Å². The maximum absolute atomic E-state index is 12.3. The monoisotopic (exact) mass is 307 g/mol. The molecule has 1 aromatic rings. The van der Waals surface area contributed by atoms with E-state index in [-0.39, 0.29) is 0 Å². The average molecular weight is 307 g/mol. The molecule has 2 rings (SSSR count). The zero-order chi connectivity index (χ0) is 16.4. The number of amides is 3. The minimum Gasteiger partial charge on any atom is -0.449 e. The van der Waals surface area contributed by atoms with Crippen molar-refractivity contribution in [2.75, 3.05) is 13.1 Å². The fraction of sp³-hybridized carbons (Fsp3) is 0.533. The van der Waals surface area contributed by atoms with Crippen LogP contribution < -0.4 is 5.32 Å². The van der Waals surface area contributed by atoms with Gasteiger partial charge in [0.25, 0.3) is 5.91 Å².